The molecular formula is C18H23N3O3. The van der Waals surface area contributed by atoms with Crippen LogP contribution in [0.25, 0.3) is 0 Å². The number of hydrogen-bond acceptors (Lipinski definition) is 5. The van der Waals surface area contributed by atoms with E-state index in [1.54, 1.807) is 19.2 Å². The van der Waals surface area contributed by atoms with Crippen LogP contribution in [0.1, 0.15) is 27.4 Å². The van der Waals surface area contributed by atoms with Crippen LogP contribution in [0, 0.1) is 13.8 Å². The van der Waals surface area contributed by atoms with E-state index in [1.807, 2.05) is 24.9 Å². The molecule has 2 aromatic heterocycles. The van der Waals surface area contributed by atoms with Crippen LogP contribution in [-0.4, -0.2) is 54.0 Å². The van der Waals surface area contributed by atoms with Gasteiger partial charge < -0.3 is 14.1 Å². The molecule has 0 radical (unpaired) electrons. The van der Waals surface area contributed by atoms with Gasteiger partial charge in [-0.25, -0.2) is 0 Å². The van der Waals surface area contributed by atoms with Crippen molar-refractivity contribution in [2.45, 2.75) is 20.4 Å². The Labute approximate surface area is 142 Å². The van der Waals surface area contributed by atoms with E-state index in [9.17, 15) is 4.79 Å². The first-order valence-electron chi connectivity index (χ1n) is 8.14. The molecule has 24 heavy (non-hydrogen) atoms. The van der Waals surface area contributed by atoms with Crippen molar-refractivity contribution in [3.05, 3.63) is 47.2 Å². The van der Waals surface area contributed by atoms with E-state index >= 15 is 0 Å². The molecule has 0 aliphatic carbocycles. The summed E-state index contributed by atoms with van der Waals surface area (Å²) in [7, 11) is 1.69. The standard InChI is InChI=1S/C18H23N3O3/c1-13-11-19-15(14(2)17(13)23-3)12-20-6-8-21(9-7-20)18(22)16-5-4-10-24-16/h4-5,10-11H,6-9,12H2,1-3H3. The summed E-state index contributed by atoms with van der Waals surface area (Å²) in [6.45, 7) is 7.86. The maximum absolute atomic E-state index is 12.3. The number of hydrogen-bond donors (Lipinski definition) is 0. The first-order chi connectivity index (χ1) is 11.6. The molecule has 0 saturated carbocycles. The molecular weight excluding hydrogens is 306 g/mol. The Morgan fingerprint density at radius 3 is 2.67 bits per heavy atom. The second-order valence-corrected chi connectivity index (χ2v) is 6.09. The first-order valence-corrected chi connectivity index (χ1v) is 8.14. The maximum atomic E-state index is 12.3. The summed E-state index contributed by atoms with van der Waals surface area (Å²) in [5.74, 6) is 1.28. The molecule has 3 rings (SSSR count). The normalized spacial score (nSPS) is 15.5. The van der Waals surface area contributed by atoms with Crippen molar-refractivity contribution in [3.8, 4) is 5.75 Å². The van der Waals surface area contributed by atoms with Gasteiger partial charge >= 0.3 is 0 Å². The number of carbonyl (C=O) groups is 1. The van der Waals surface area contributed by atoms with Crippen LogP contribution in [0.15, 0.2) is 29.0 Å². The molecule has 6 nitrogen and oxygen atoms in total. The lowest BCUT2D eigenvalue weighted by Gasteiger charge is -2.34. The Morgan fingerprint density at radius 2 is 2.04 bits per heavy atom. The predicted molar refractivity (Wildman–Crippen MR) is 90.2 cm³/mol. The highest BCUT2D eigenvalue weighted by atomic mass is 16.5. The van der Waals surface area contributed by atoms with Crippen LogP contribution >= 0.6 is 0 Å². The predicted octanol–water partition coefficient (Wildman–Crippen LogP) is 2.26. The van der Waals surface area contributed by atoms with Gasteiger partial charge in [0.25, 0.3) is 5.91 Å². The number of rotatable bonds is 4. The topological polar surface area (TPSA) is 58.8 Å². The zero-order valence-corrected chi connectivity index (χ0v) is 14.4. The molecule has 128 valence electrons. The molecule has 1 amide bonds. The van der Waals surface area contributed by atoms with Crippen LogP contribution < -0.4 is 4.74 Å². The van der Waals surface area contributed by atoms with Crippen molar-refractivity contribution in [1.29, 1.82) is 0 Å². The van der Waals surface area contributed by atoms with Gasteiger partial charge in [0.05, 0.1) is 19.1 Å². The fraction of sp³-hybridized carbons (Fsp3) is 0.444. The molecule has 0 spiro atoms. The largest absolute Gasteiger partial charge is 0.496 e. The Kier molecular flexibility index (Phi) is 4.85. The van der Waals surface area contributed by atoms with Gasteiger partial charge in [-0.05, 0) is 26.0 Å². The van der Waals surface area contributed by atoms with E-state index in [4.69, 9.17) is 9.15 Å². The van der Waals surface area contributed by atoms with Gasteiger partial charge in [-0.1, -0.05) is 0 Å². The molecule has 0 N–H and O–H groups in total. The molecule has 1 saturated heterocycles. The summed E-state index contributed by atoms with van der Waals surface area (Å²) in [5.41, 5.74) is 3.17. The first kappa shape index (κ1) is 16.5. The molecule has 2 aromatic rings. The van der Waals surface area contributed by atoms with Gasteiger partial charge in [0.1, 0.15) is 5.75 Å². The number of pyridine rings is 1. The average Bonchev–Trinajstić information content (AvgIpc) is 3.12. The summed E-state index contributed by atoms with van der Waals surface area (Å²) in [5, 5.41) is 0. The van der Waals surface area contributed by atoms with Crippen LogP contribution in [0.3, 0.4) is 0 Å². The van der Waals surface area contributed by atoms with Crippen molar-refractivity contribution in [2.75, 3.05) is 33.3 Å². The molecule has 0 bridgehead atoms. The van der Waals surface area contributed by atoms with Crippen molar-refractivity contribution < 1.29 is 13.9 Å². The van der Waals surface area contributed by atoms with Crippen LogP contribution in [-0.2, 0) is 6.54 Å². The molecule has 0 unspecified atom stereocenters. The zero-order valence-electron chi connectivity index (χ0n) is 14.4. The minimum absolute atomic E-state index is 0.0361. The lowest BCUT2D eigenvalue weighted by atomic mass is 10.1. The third-order valence-electron chi connectivity index (χ3n) is 4.51. The number of piperazine rings is 1. The van der Waals surface area contributed by atoms with E-state index < -0.39 is 0 Å². The van der Waals surface area contributed by atoms with Gasteiger partial charge in [-0.3, -0.25) is 14.7 Å². The number of aryl methyl sites for hydroxylation is 1. The lowest BCUT2D eigenvalue weighted by molar-refractivity contribution is 0.0596. The molecule has 1 aliphatic rings. The highest BCUT2D eigenvalue weighted by Gasteiger charge is 2.24. The van der Waals surface area contributed by atoms with Gasteiger partial charge in [0, 0.05) is 50.0 Å². The van der Waals surface area contributed by atoms with E-state index in [0.717, 1.165) is 42.2 Å². The zero-order chi connectivity index (χ0) is 17.1. The number of nitrogens with zero attached hydrogens (tertiary/aromatic N) is 3. The number of methoxy groups -OCH3 is 1. The van der Waals surface area contributed by atoms with Crippen molar-refractivity contribution >= 4 is 5.91 Å². The number of aromatic nitrogens is 1. The number of amides is 1. The fourth-order valence-electron chi connectivity index (χ4n) is 3.11. The van der Waals surface area contributed by atoms with E-state index in [2.05, 4.69) is 9.88 Å². The van der Waals surface area contributed by atoms with Gasteiger partial charge in [-0.15, -0.1) is 0 Å². The summed E-state index contributed by atoms with van der Waals surface area (Å²) < 4.78 is 10.7. The summed E-state index contributed by atoms with van der Waals surface area (Å²) in [4.78, 5) is 21.0. The Morgan fingerprint density at radius 1 is 1.29 bits per heavy atom. The number of ether oxygens (including phenoxy) is 1. The SMILES string of the molecule is COc1c(C)cnc(CN2CCN(C(=O)c3ccco3)CC2)c1C. The Bertz CT molecular complexity index is 705. The smallest absolute Gasteiger partial charge is 0.289 e. The fourth-order valence-corrected chi connectivity index (χ4v) is 3.11. The van der Waals surface area contributed by atoms with Crippen LogP contribution in [0.5, 0.6) is 5.75 Å². The van der Waals surface area contributed by atoms with E-state index in [0.29, 0.717) is 18.8 Å². The van der Waals surface area contributed by atoms with Crippen LogP contribution in [0.2, 0.25) is 0 Å². The lowest BCUT2D eigenvalue weighted by Crippen LogP contribution is -2.48. The highest BCUT2D eigenvalue weighted by Crippen LogP contribution is 2.25. The molecule has 0 aromatic carbocycles. The Hall–Kier alpha value is -2.34. The summed E-state index contributed by atoms with van der Waals surface area (Å²) in [6, 6.07) is 3.45. The monoisotopic (exact) mass is 329 g/mol. The molecule has 3 heterocycles. The highest BCUT2D eigenvalue weighted by molar-refractivity contribution is 5.91. The summed E-state index contributed by atoms with van der Waals surface area (Å²) >= 11 is 0. The van der Waals surface area contributed by atoms with Crippen molar-refractivity contribution in [3.63, 3.8) is 0 Å². The second kappa shape index (κ2) is 7.05. The van der Waals surface area contributed by atoms with E-state index in [-0.39, 0.29) is 5.91 Å². The van der Waals surface area contributed by atoms with E-state index in [1.165, 1.54) is 6.26 Å². The summed E-state index contributed by atoms with van der Waals surface area (Å²) in [6.07, 6.45) is 3.39. The van der Waals surface area contributed by atoms with Crippen molar-refractivity contribution in [1.82, 2.24) is 14.8 Å². The van der Waals surface area contributed by atoms with Crippen LogP contribution in [0.4, 0.5) is 0 Å². The third-order valence-corrected chi connectivity index (χ3v) is 4.51. The molecule has 1 aliphatic heterocycles. The number of carbonyl (C=O) groups excluding carboxylic acids is 1. The minimum atomic E-state index is -0.0361. The third kappa shape index (κ3) is 3.28. The molecule has 1 fully saturated rings. The Balaban J connectivity index is 1.61. The van der Waals surface area contributed by atoms with Crippen molar-refractivity contribution in [2.24, 2.45) is 0 Å². The average molecular weight is 329 g/mol. The number of furan rings is 1. The molecule has 6 heteroatoms. The minimum Gasteiger partial charge on any atom is -0.496 e. The maximum Gasteiger partial charge on any atom is 0.289 e. The van der Waals surface area contributed by atoms with Gasteiger partial charge in [0.15, 0.2) is 5.76 Å². The molecule has 0 atom stereocenters. The van der Waals surface area contributed by atoms with Gasteiger partial charge in [0.2, 0.25) is 0 Å². The van der Waals surface area contributed by atoms with Gasteiger partial charge in [-0.2, -0.15) is 0 Å². The quantitative estimate of drug-likeness (QED) is 0.861. The second-order valence-electron chi connectivity index (χ2n) is 6.09.